The summed E-state index contributed by atoms with van der Waals surface area (Å²) < 4.78 is 2.04. The molecule has 0 aliphatic carbocycles. The summed E-state index contributed by atoms with van der Waals surface area (Å²) in [5.74, 6) is 0.254. The molecule has 1 aliphatic heterocycles. The largest absolute Gasteiger partial charge is 0.355 e. The Balaban J connectivity index is 0.000000461. The average Bonchev–Trinajstić information content (AvgIpc) is 2.27. The lowest BCUT2D eigenvalue weighted by atomic mass is 10.0. The minimum absolute atomic E-state index is 0.254. The van der Waals surface area contributed by atoms with Crippen LogP contribution in [0.15, 0.2) is 24.3 Å². The zero-order valence-electron chi connectivity index (χ0n) is 8.66. The van der Waals surface area contributed by atoms with E-state index in [2.05, 4.69) is 9.39 Å². The summed E-state index contributed by atoms with van der Waals surface area (Å²) in [5.41, 5.74) is 1.87. The van der Waals surface area contributed by atoms with Crippen molar-refractivity contribution in [3.8, 4) is 0 Å². The van der Waals surface area contributed by atoms with E-state index in [1.165, 1.54) is 0 Å². The highest BCUT2D eigenvalue weighted by molar-refractivity contribution is 7.19. The number of hydrogen-bond acceptors (Lipinski definition) is 2. The number of benzene rings is 1. The Morgan fingerprint density at radius 3 is 2.57 bits per heavy atom. The molecule has 0 bridgehead atoms. The van der Waals surface area contributed by atoms with Crippen molar-refractivity contribution in [3.63, 3.8) is 0 Å². The summed E-state index contributed by atoms with van der Waals surface area (Å²) in [7, 11) is 2.63. The first-order valence-electron chi connectivity index (χ1n) is 4.93. The lowest BCUT2D eigenvalue weighted by Gasteiger charge is -2.25. The van der Waals surface area contributed by atoms with Gasteiger partial charge in [0.25, 0.3) is 0 Å². The lowest BCUT2D eigenvalue weighted by Crippen LogP contribution is -2.23. The molecule has 0 N–H and O–H groups in total. The van der Waals surface area contributed by atoms with Crippen LogP contribution in [0.25, 0.3) is 0 Å². The maximum absolute atomic E-state index is 11.4. The fourth-order valence-electron chi connectivity index (χ4n) is 1.44. The summed E-state index contributed by atoms with van der Waals surface area (Å²) >= 11 is 0. The fourth-order valence-corrected chi connectivity index (χ4v) is 1.79. The van der Waals surface area contributed by atoms with Gasteiger partial charge < -0.3 is 4.67 Å². The summed E-state index contributed by atoms with van der Waals surface area (Å²) in [6.07, 6.45) is 0.626. The number of ketones is 1. The van der Waals surface area contributed by atoms with E-state index in [9.17, 15) is 4.79 Å². The van der Waals surface area contributed by atoms with Crippen LogP contribution in [0.2, 0.25) is 0 Å². The van der Waals surface area contributed by atoms with Crippen molar-refractivity contribution in [1.29, 1.82) is 0 Å². The molecular weight excluding hydrogens is 193 g/mol. The number of rotatable bonds is 0. The van der Waals surface area contributed by atoms with Gasteiger partial charge in [-0.3, -0.25) is 4.79 Å². The summed E-state index contributed by atoms with van der Waals surface area (Å²) in [4.78, 5) is 11.4. The van der Waals surface area contributed by atoms with E-state index >= 15 is 0 Å². The minimum Gasteiger partial charge on any atom is -0.355 e. The number of fused-ring (bicyclic) bond motifs is 1. The lowest BCUT2D eigenvalue weighted by molar-refractivity contribution is 0.0982. The van der Waals surface area contributed by atoms with E-state index in [0.717, 1.165) is 17.8 Å². The Kier molecular flexibility index (Phi) is 4.09. The monoisotopic (exact) mass is 209 g/mol. The first-order chi connectivity index (χ1) is 6.79. The van der Waals surface area contributed by atoms with Crippen molar-refractivity contribution in [2.45, 2.75) is 20.3 Å². The molecule has 0 amide bonds. The SMILES string of the molecule is CC.O=C1CCN(P)c2ccccc21. The molecule has 0 spiro atoms. The molecule has 1 heterocycles. The Bertz CT molecular complexity index is 325. The molecule has 0 saturated heterocycles. The first kappa shape index (κ1) is 11.2. The smallest absolute Gasteiger partial charge is 0.166 e. The van der Waals surface area contributed by atoms with Crippen LogP contribution < -0.4 is 4.67 Å². The van der Waals surface area contributed by atoms with Gasteiger partial charge in [-0.15, -0.1) is 0 Å². The Morgan fingerprint density at radius 2 is 1.93 bits per heavy atom. The van der Waals surface area contributed by atoms with Gasteiger partial charge in [-0.1, -0.05) is 26.0 Å². The Labute approximate surface area is 87.6 Å². The Hall–Kier alpha value is -0.880. The van der Waals surface area contributed by atoms with Crippen LogP contribution in [-0.4, -0.2) is 12.3 Å². The van der Waals surface area contributed by atoms with E-state index in [4.69, 9.17) is 0 Å². The van der Waals surface area contributed by atoms with Crippen LogP contribution in [0.3, 0.4) is 0 Å². The van der Waals surface area contributed by atoms with Crippen molar-refractivity contribution in [1.82, 2.24) is 0 Å². The molecule has 1 unspecified atom stereocenters. The number of carbonyl (C=O) groups excluding carboxylic acids is 1. The van der Waals surface area contributed by atoms with Crippen LogP contribution >= 0.6 is 9.39 Å². The van der Waals surface area contributed by atoms with E-state index in [1.807, 2.05) is 42.8 Å². The van der Waals surface area contributed by atoms with Gasteiger partial charge in [-0.25, -0.2) is 0 Å². The van der Waals surface area contributed by atoms with Crippen LogP contribution in [0, 0.1) is 0 Å². The van der Waals surface area contributed by atoms with Gasteiger partial charge in [0.1, 0.15) is 0 Å². The molecule has 0 aromatic heterocycles. The predicted molar refractivity (Wildman–Crippen MR) is 63.8 cm³/mol. The third-order valence-corrected chi connectivity index (χ3v) is 2.63. The molecule has 1 aliphatic rings. The van der Waals surface area contributed by atoms with Crippen LogP contribution in [0.1, 0.15) is 30.6 Å². The normalized spacial score (nSPS) is 14.2. The second-order valence-electron chi connectivity index (χ2n) is 2.88. The first-order valence-corrected chi connectivity index (χ1v) is 5.45. The van der Waals surface area contributed by atoms with Crippen molar-refractivity contribution in [2.24, 2.45) is 0 Å². The molecule has 0 fully saturated rings. The topological polar surface area (TPSA) is 20.3 Å². The summed E-state index contributed by atoms with van der Waals surface area (Å²) in [5, 5.41) is 0. The van der Waals surface area contributed by atoms with Crippen LogP contribution in [-0.2, 0) is 0 Å². The molecule has 1 atom stereocenters. The van der Waals surface area contributed by atoms with Gasteiger partial charge in [-0.05, 0) is 21.5 Å². The van der Waals surface area contributed by atoms with Crippen LogP contribution in [0.4, 0.5) is 5.69 Å². The van der Waals surface area contributed by atoms with Crippen molar-refractivity contribution < 1.29 is 4.79 Å². The number of anilines is 1. The van der Waals surface area contributed by atoms with Gasteiger partial charge in [-0.2, -0.15) is 0 Å². The molecule has 1 aromatic carbocycles. The van der Waals surface area contributed by atoms with E-state index in [0.29, 0.717) is 6.42 Å². The highest BCUT2D eigenvalue weighted by Gasteiger charge is 2.19. The fraction of sp³-hybridized carbons (Fsp3) is 0.364. The molecule has 1 aromatic rings. The van der Waals surface area contributed by atoms with Gasteiger partial charge in [0.15, 0.2) is 5.78 Å². The number of carbonyl (C=O) groups is 1. The van der Waals surface area contributed by atoms with E-state index in [-0.39, 0.29) is 5.78 Å². The molecule has 14 heavy (non-hydrogen) atoms. The van der Waals surface area contributed by atoms with Gasteiger partial charge in [0.2, 0.25) is 0 Å². The maximum atomic E-state index is 11.4. The van der Waals surface area contributed by atoms with E-state index in [1.54, 1.807) is 0 Å². The second-order valence-corrected chi connectivity index (χ2v) is 3.51. The van der Waals surface area contributed by atoms with Crippen LogP contribution in [0.5, 0.6) is 0 Å². The van der Waals surface area contributed by atoms with Crippen molar-refractivity contribution in [2.75, 3.05) is 11.2 Å². The molecule has 2 nitrogen and oxygen atoms in total. The number of hydrogen-bond donors (Lipinski definition) is 0. The zero-order valence-corrected chi connectivity index (χ0v) is 9.81. The molecular formula is C11H16NOP. The van der Waals surface area contributed by atoms with E-state index < -0.39 is 0 Å². The maximum Gasteiger partial charge on any atom is 0.166 e. The second kappa shape index (κ2) is 5.11. The summed E-state index contributed by atoms with van der Waals surface area (Å²) in [6, 6.07) is 7.71. The molecule has 76 valence electrons. The highest BCUT2D eigenvalue weighted by Crippen LogP contribution is 2.28. The minimum atomic E-state index is 0.254. The third kappa shape index (κ3) is 2.13. The van der Waals surface area contributed by atoms with Gasteiger partial charge in [0.05, 0.1) is 5.69 Å². The molecule has 0 saturated carbocycles. The zero-order chi connectivity index (χ0) is 10.6. The standard InChI is InChI=1S/C9H10NOP.C2H6/c11-9-5-6-10(12)8-4-2-1-3-7(8)9;1-2/h1-4H,5-6,12H2;1-2H3. The van der Waals surface area contributed by atoms with Crippen molar-refractivity contribution in [3.05, 3.63) is 29.8 Å². The highest BCUT2D eigenvalue weighted by atomic mass is 31.0. The third-order valence-electron chi connectivity index (χ3n) is 2.09. The predicted octanol–water partition coefficient (Wildman–Crippen LogP) is 2.90. The van der Waals surface area contributed by atoms with Crippen molar-refractivity contribution >= 4 is 20.9 Å². The quantitative estimate of drug-likeness (QED) is 0.612. The average molecular weight is 209 g/mol. The number of para-hydroxylation sites is 1. The summed E-state index contributed by atoms with van der Waals surface area (Å²) in [6.45, 7) is 4.81. The molecule has 2 rings (SSSR count). The Morgan fingerprint density at radius 1 is 1.29 bits per heavy atom. The number of Topliss-reactive ketones (excluding diaryl/α,β-unsaturated/α-hetero) is 1. The van der Waals surface area contributed by atoms with Gasteiger partial charge in [0, 0.05) is 18.5 Å². The van der Waals surface area contributed by atoms with Gasteiger partial charge >= 0.3 is 0 Å². The molecule has 3 heteroatoms. The molecule has 0 radical (unpaired) electrons. The number of nitrogens with zero attached hydrogens (tertiary/aromatic N) is 1.